The van der Waals surface area contributed by atoms with Gasteiger partial charge in [-0.25, -0.2) is 0 Å². The zero-order valence-corrected chi connectivity index (χ0v) is 22.0. The summed E-state index contributed by atoms with van der Waals surface area (Å²) >= 11 is 0. The SMILES string of the molecule is [2H]c1c([2H])c([2H])c(-c2c3c([2H])c([2H])c([2H])c([2H])c3c(-c3c([2H])c([2H])c4c(c3[2H])c([2H])c([2H])c3c([2H])c([2H])c([2H])c([2H])c34)c3c([2H])c([2H])c(-c4c([2H])c([2H])c([2H])c5c([2H])c([2H])c([2H])c([2H])c45)c([2H])c23)c([2H])c1[2H]. The minimum Gasteiger partial charge on any atom is -0.0622 e. The number of hydrogen-bond acceptors (Lipinski definition) is 0. The van der Waals surface area contributed by atoms with E-state index < -0.39 is 256 Å². The van der Waals surface area contributed by atoms with Crippen molar-refractivity contribution >= 4 is 53.9 Å². The van der Waals surface area contributed by atoms with Gasteiger partial charge in [-0.2, -0.15) is 0 Å². The van der Waals surface area contributed by atoms with Crippen molar-refractivity contribution in [1.29, 1.82) is 0 Å². The molecule has 0 heterocycles. The Morgan fingerprint density at radius 3 is 1.59 bits per heavy atom. The molecule has 0 nitrogen and oxygen atoms in total. The van der Waals surface area contributed by atoms with Gasteiger partial charge in [0.2, 0.25) is 0 Å². The average molecular weight is 585 g/mol. The number of rotatable bonds is 3. The lowest BCUT2D eigenvalue weighted by atomic mass is 9.84. The van der Waals surface area contributed by atoms with E-state index in [1.54, 1.807) is 0 Å². The molecule has 9 aromatic rings. The van der Waals surface area contributed by atoms with Crippen LogP contribution in [0, 0.1) is 0 Å². The Morgan fingerprint density at radius 1 is 0.273 bits per heavy atom. The van der Waals surface area contributed by atoms with Gasteiger partial charge in [0.1, 0.15) is 0 Å². The molecule has 204 valence electrons. The maximum atomic E-state index is 10.1. The average Bonchev–Trinajstić information content (AvgIpc) is 3.34. The molecular weight excluding hydrogens is 528 g/mol. The molecule has 0 unspecified atom stereocenters. The van der Waals surface area contributed by atoms with Crippen LogP contribution in [0.2, 0.25) is 0 Å². The van der Waals surface area contributed by atoms with Crippen LogP contribution in [-0.2, 0) is 0 Å². The molecule has 0 aromatic heterocycles. The predicted molar refractivity (Wildman–Crippen MR) is 190 cm³/mol. The van der Waals surface area contributed by atoms with Gasteiger partial charge < -0.3 is 0 Å². The fraction of sp³-hybridized carbons (Fsp3) is 0. The third kappa shape index (κ3) is 3.85. The molecule has 0 N–H and O–H groups in total. The fourth-order valence-corrected chi connectivity index (χ4v) is 5.25. The van der Waals surface area contributed by atoms with E-state index in [2.05, 4.69) is 0 Å². The lowest BCUT2D eigenvalue weighted by Crippen LogP contribution is -1.92. The Labute approximate surface area is 295 Å². The van der Waals surface area contributed by atoms with Crippen LogP contribution in [0.15, 0.2) is 169 Å². The molecule has 9 rings (SSSR count). The summed E-state index contributed by atoms with van der Waals surface area (Å²) in [6.45, 7) is 0. The van der Waals surface area contributed by atoms with Crippen molar-refractivity contribution in [2.75, 3.05) is 0 Å². The second-order valence-electron chi connectivity index (χ2n) is 9.50. The van der Waals surface area contributed by atoms with Crippen LogP contribution in [0.25, 0.3) is 87.2 Å². The first kappa shape index (κ1) is 9.64. The smallest absolute Gasteiger partial charge is 0.0622 e. The molecule has 44 heavy (non-hydrogen) atoms. The van der Waals surface area contributed by atoms with Gasteiger partial charge in [0.25, 0.3) is 0 Å². The molecule has 0 amide bonds. The highest BCUT2D eigenvalue weighted by atomic mass is 14.2. The lowest BCUT2D eigenvalue weighted by molar-refractivity contribution is 1.65. The van der Waals surface area contributed by atoms with E-state index in [-0.39, 0.29) is 0 Å². The van der Waals surface area contributed by atoms with Crippen molar-refractivity contribution in [1.82, 2.24) is 0 Å². The van der Waals surface area contributed by atoms with Crippen molar-refractivity contribution in [2.24, 2.45) is 0 Å². The van der Waals surface area contributed by atoms with Crippen LogP contribution in [0.3, 0.4) is 0 Å². The summed E-state index contributed by atoms with van der Waals surface area (Å²) in [5, 5.41) is -6.87. The van der Waals surface area contributed by atoms with Gasteiger partial charge in [0.15, 0.2) is 0 Å². The molecule has 0 atom stereocenters. The van der Waals surface area contributed by atoms with E-state index in [4.69, 9.17) is 27.4 Å². The van der Waals surface area contributed by atoms with Gasteiger partial charge in [0, 0.05) is 0 Å². The fourth-order valence-electron chi connectivity index (χ4n) is 5.25. The number of fused-ring (bicyclic) bond motifs is 6. The van der Waals surface area contributed by atoms with Gasteiger partial charge in [-0.1, -0.05) is 157 Å². The van der Waals surface area contributed by atoms with Gasteiger partial charge in [-0.15, -0.1) is 0 Å². The first-order valence-electron chi connectivity index (χ1n) is 27.0. The summed E-state index contributed by atoms with van der Waals surface area (Å²) in [7, 11) is 0. The lowest BCUT2D eigenvalue weighted by Gasteiger charge is -2.19. The Balaban J connectivity index is 1.69. The molecule has 0 heteroatoms. The van der Waals surface area contributed by atoms with Crippen LogP contribution < -0.4 is 0 Å². The van der Waals surface area contributed by atoms with Crippen molar-refractivity contribution in [3.63, 3.8) is 0 Å². The summed E-state index contributed by atoms with van der Waals surface area (Å²) < 4.78 is 252. The van der Waals surface area contributed by atoms with E-state index in [0.717, 1.165) is 0 Å². The summed E-state index contributed by atoms with van der Waals surface area (Å²) in [5.74, 6) is 0. The molecule has 0 saturated heterocycles. The first-order chi connectivity index (χ1) is 33.5. The summed E-state index contributed by atoms with van der Waals surface area (Å²) in [6, 6.07) is -26.8. The predicted octanol–water partition coefficient (Wildman–Crippen LogP) is 12.5. The number of hydrogen-bond donors (Lipinski definition) is 0. The van der Waals surface area contributed by atoms with Crippen LogP contribution in [-0.4, -0.2) is 0 Å². The second-order valence-corrected chi connectivity index (χ2v) is 9.50. The zero-order valence-electron chi connectivity index (χ0n) is 50.0. The minimum atomic E-state index is -1.12. The van der Waals surface area contributed by atoms with E-state index in [1.165, 1.54) is 0 Å². The Morgan fingerprint density at radius 2 is 0.795 bits per heavy atom. The molecule has 0 aliphatic carbocycles. The van der Waals surface area contributed by atoms with Crippen LogP contribution in [0.1, 0.15) is 38.4 Å². The van der Waals surface area contributed by atoms with Crippen LogP contribution in [0.5, 0.6) is 0 Å². The highest BCUT2D eigenvalue weighted by Gasteiger charge is 2.18. The standard InChI is InChI=1S/C44H28/c1-2-13-31(14-3-1)43-39-18-8-9-19-40(39)44(34-24-25-38-32(27-34)22-21-30-12-5-7-17-36(30)38)41-26-23-33(28-42(41)43)37-20-10-15-29-11-4-6-16-35(29)37/h1-28H/i1D,2D,3D,4D,5D,6D,7D,8D,9D,10D,11D,12D,13D,14D,15D,16D,17D,18D,19D,20D,21D,22D,23D,24D,25D,26D,27D,28D. The third-order valence-corrected chi connectivity index (χ3v) is 7.12. The van der Waals surface area contributed by atoms with E-state index in [1.807, 2.05) is 0 Å². The summed E-state index contributed by atoms with van der Waals surface area (Å²) in [5.41, 5.74) is -4.98. The monoisotopic (exact) mass is 584 g/mol. The molecule has 0 saturated carbocycles. The maximum absolute atomic E-state index is 10.1. The van der Waals surface area contributed by atoms with Gasteiger partial charge >= 0.3 is 0 Å². The molecule has 0 radical (unpaired) electrons. The molecule has 0 aliphatic rings. The first-order valence-corrected chi connectivity index (χ1v) is 13.0. The molecule has 0 aliphatic heterocycles. The molecule has 0 spiro atoms. The Bertz CT molecular complexity index is 4080. The van der Waals surface area contributed by atoms with Crippen molar-refractivity contribution in [3.05, 3.63) is 169 Å². The number of benzene rings is 9. The molecule has 9 aromatic carbocycles. The maximum Gasteiger partial charge on any atom is 0.0636 e. The van der Waals surface area contributed by atoms with Crippen molar-refractivity contribution in [2.45, 2.75) is 0 Å². The van der Waals surface area contributed by atoms with Gasteiger partial charge in [-0.3, -0.25) is 0 Å². The highest BCUT2D eigenvalue weighted by Crippen LogP contribution is 2.46. The molecule has 0 bridgehead atoms. The normalized spacial score (nSPS) is 20.5. The van der Waals surface area contributed by atoms with Crippen LogP contribution >= 0.6 is 0 Å². The third-order valence-electron chi connectivity index (χ3n) is 7.12. The molecular formula is C44H28. The van der Waals surface area contributed by atoms with Crippen LogP contribution in [0.4, 0.5) is 0 Å². The summed E-state index contributed by atoms with van der Waals surface area (Å²) in [4.78, 5) is 0. The van der Waals surface area contributed by atoms with Crippen molar-refractivity contribution in [3.8, 4) is 33.4 Å². The van der Waals surface area contributed by atoms with E-state index in [0.29, 0.717) is 0 Å². The topological polar surface area (TPSA) is 0 Å². The largest absolute Gasteiger partial charge is 0.0636 e. The van der Waals surface area contributed by atoms with Gasteiger partial charge in [0.05, 0.1) is 38.4 Å². The van der Waals surface area contributed by atoms with Crippen molar-refractivity contribution < 1.29 is 38.4 Å². The summed E-state index contributed by atoms with van der Waals surface area (Å²) in [6.07, 6.45) is 0. The second kappa shape index (κ2) is 9.93. The highest BCUT2D eigenvalue weighted by molar-refractivity contribution is 6.23. The quantitative estimate of drug-likeness (QED) is 0.143. The van der Waals surface area contributed by atoms with E-state index >= 15 is 0 Å². The Hall–Kier alpha value is -5.72. The van der Waals surface area contributed by atoms with Gasteiger partial charge in [-0.05, 0) is 99.3 Å². The van der Waals surface area contributed by atoms with E-state index in [9.17, 15) is 11.0 Å². The zero-order chi connectivity index (χ0) is 53.4. The molecule has 0 fully saturated rings. The minimum absolute atomic E-state index is 0.528. The Kier molecular flexibility index (Phi) is 2.18.